The molecule has 0 bridgehead atoms. The topological polar surface area (TPSA) is 159 Å². The van der Waals surface area contributed by atoms with E-state index in [1.54, 1.807) is 17.1 Å². The number of anilines is 1. The summed E-state index contributed by atoms with van der Waals surface area (Å²) in [6, 6.07) is 6.03. The lowest BCUT2D eigenvalue weighted by molar-refractivity contribution is -0.0331. The molecule has 13 heteroatoms. The van der Waals surface area contributed by atoms with Gasteiger partial charge >= 0.3 is 5.51 Å². The molecule has 8 N–H and O–H groups in total. The zero-order valence-electron chi connectivity index (χ0n) is 13.3. The third-order valence-corrected chi connectivity index (χ3v) is 3.71. The minimum atomic E-state index is -4.72. The summed E-state index contributed by atoms with van der Waals surface area (Å²) in [4.78, 5) is 29.0. The number of hydrogen-bond acceptors (Lipinski definition) is 8. The van der Waals surface area contributed by atoms with Crippen LogP contribution >= 0.6 is 11.8 Å². The molecule has 1 amide bonds. The summed E-state index contributed by atoms with van der Waals surface area (Å²) in [6.07, 6.45) is 1.23. The second-order valence-electron chi connectivity index (χ2n) is 4.87. The number of carbonyl (C=O) groups is 1. The van der Waals surface area contributed by atoms with Crippen molar-refractivity contribution in [1.82, 2.24) is 15.4 Å². The smallest absolute Gasteiger partial charge is 0.449 e. The number of carbonyl (C=O) groups excluding carboxylic acids is 1. The number of rotatable bonds is 5. The monoisotopic (exact) mass is 402 g/mol. The average molecular weight is 402 g/mol. The number of halogens is 3. The lowest BCUT2D eigenvalue weighted by Gasteiger charge is -2.09. The van der Waals surface area contributed by atoms with E-state index in [0.717, 1.165) is 0 Å². The molecule has 0 spiro atoms. The van der Waals surface area contributed by atoms with E-state index in [1.807, 2.05) is 0 Å². The van der Waals surface area contributed by atoms with Crippen molar-refractivity contribution in [1.29, 1.82) is 0 Å². The number of nitrogens with zero attached hydrogens (tertiary/aromatic N) is 1. The third-order valence-electron chi connectivity index (χ3n) is 3.09. The number of hydrogen-bond donors (Lipinski definition) is 6. The van der Waals surface area contributed by atoms with Crippen LogP contribution in [-0.2, 0) is 0 Å². The molecule has 0 aliphatic carbocycles. The molecule has 2 rings (SSSR count). The van der Waals surface area contributed by atoms with E-state index in [2.05, 4.69) is 15.7 Å². The van der Waals surface area contributed by atoms with E-state index in [1.165, 1.54) is 18.3 Å². The maximum atomic E-state index is 12.3. The SMILES string of the molecule is N/C=C(\NN)c1ccc(NC(=O)c2c(O)nc(SC(F)(F)F)[nH]c2=O)cc1. The van der Waals surface area contributed by atoms with Gasteiger partial charge in [-0.3, -0.25) is 15.4 Å². The number of thioether (sulfide) groups is 1. The van der Waals surface area contributed by atoms with Gasteiger partial charge in [-0.05, 0) is 12.1 Å². The Kier molecular flexibility index (Phi) is 5.97. The van der Waals surface area contributed by atoms with Gasteiger partial charge in [0.15, 0.2) is 10.7 Å². The second-order valence-corrected chi connectivity index (χ2v) is 5.93. The van der Waals surface area contributed by atoms with E-state index in [9.17, 15) is 27.9 Å². The summed E-state index contributed by atoms with van der Waals surface area (Å²) in [5, 5.41) is 11.1. The highest BCUT2D eigenvalue weighted by Gasteiger charge is 2.32. The maximum Gasteiger partial charge on any atom is 0.449 e. The Balaban J connectivity index is 2.22. The van der Waals surface area contributed by atoms with Crippen LogP contribution in [0.4, 0.5) is 18.9 Å². The molecule has 0 saturated heterocycles. The number of amides is 1. The lowest BCUT2D eigenvalue weighted by atomic mass is 10.1. The number of aromatic amines is 1. The largest absolute Gasteiger partial charge is 0.493 e. The van der Waals surface area contributed by atoms with Crippen molar-refractivity contribution < 1.29 is 23.1 Å². The van der Waals surface area contributed by atoms with E-state index in [0.29, 0.717) is 11.3 Å². The fourth-order valence-corrected chi connectivity index (χ4v) is 2.45. The summed E-state index contributed by atoms with van der Waals surface area (Å²) < 4.78 is 36.9. The van der Waals surface area contributed by atoms with Crippen LogP contribution in [0.15, 0.2) is 40.4 Å². The number of alkyl halides is 3. The molecule has 1 aromatic heterocycles. The predicted molar refractivity (Wildman–Crippen MR) is 92.3 cm³/mol. The van der Waals surface area contributed by atoms with Gasteiger partial charge in [-0.2, -0.15) is 18.2 Å². The van der Waals surface area contributed by atoms with Gasteiger partial charge in [-0.15, -0.1) is 0 Å². The maximum absolute atomic E-state index is 12.3. The molecule has 1 heterocycles. The molecule has 0 radical (unpaired) electrons. The Bertz CT molecular complexity index is 927. The van der Waals surface area contributed by atoms with Crippen LogP contribution < -0.4 is 27.9 Å². The highest BCUT2D eigenvalue weighted by molar-refractivity contribution is 8.00. The lowest BCUT2D eigenvalue weighted by Crippen LogP contribution is -2.25. The highest BCUT2D eigenvalue weighted by Crippen LogP contribution is 2.35. The standard InChI is InChI=1S/C14H13F3N6O3S/c15-14(16,17)27-13-21-11(25)9(12(26)22-13)10(24)20-7-3-1-6(2-4-7)8(5-18)23-19/h1-5,23H,18-19H2,(H,20,24)(H2,21,22,25,26)/b8-5-. The molecule has 0 aliphatic rings. The van der Waals surface area contributed by atoms with Crippen molar-refractivity contribution in [3.63, 3.8) is 0 Å². The number of aromatic hydroxyl groups is 1. The first-order valence-electron chi connectivity index (χ1n) is 7.04. The van der Waals surface area contributed by atoms with Crippen molar-refractivity contribution in [2.24, 2.45) is 11.6 Å². The molecular formula is C14H13F3N6O3S. The second kappa shape index (κ2) is 8.01. The van der Waals surface area contributed by atoms with Crippen molar-refractivity contribution >= 4 is 29.1 Å². The van der Waals surface area contributed by atoms with Crippen LogP contribution in [0.2, 0.25) is 0 Å². The van der Waals surface area contributed by atoms with Crippen LogP contribution in [0.1, 0.15) is 15.9 Å². The quantitative estimate of drug-likeness (QED) is 0.187. The number of nitrogens with two attached hydrogens (primary N) is 2. The number of hydrazine groups is 1. The fraction of sp³-hybridized carbons (Fsp3) is 0.0714. The molecule has 144 valence electrons. The van der Waals surface area contributed by atoms with Crippen LogP contribution in [0.25, 0.3) is 5.70 Å². The molecule has 1 aromatic carbocycles. The van der Waals surface area contributed by atoms with Gasteiger partial charge in [0, 0.05) is 29.2 Å². The molecule has 27 heavy (non-hydrogen) atoms. The van der Waals surface area contributed by atoms with E-state index in [4.69, 9.17) is 11.6 Å². The van der Waals surface area contributed by atoms with E-state index < -0.39 is 45.3 Å². The Hall–Kier alpha value is -3.19. The molecule has 0 atom stereocenters. The van der Waals surface area contributed by atoms with Crippen LogP contribution in [0, 0.1) is 0 Å². The van der Waals surface area contributed by atoms with Crippen molar-refractivity contribution in [3.8, 4) is 5.88 Å². The normalized spacial score (nSPS) is 11.9. The predicted octanol–water partition coefficient (Wildman–Crippen LogP) is 1.06. The molecule has 2 aromatic rings. The highest BCUT2D eigenvalue weighted by atomic mass is 32.2. The summed E-state index contributed by atoms with van der Waals surface area (Å²) in [7, 11) is 0. The van der Waals surface area contributed by atoms with Crippen LogP contribution in [-0.4, -0.2) is 26.5 Å². The number of aromatic nitrogens is 2. The van der Waals surface area contributed by atoms with Crippen molar-refractivity contribution in [3.05, 3.63) is 51.9 Å². The minimum absolute atomic E-state index is 0.240. The average Bonchev–Trinajstić information content (AvgIpc) is 2.55. The first-order chi connectivity index (χ1) is 12.6. The summed E-state index contributed by atoms with van der Waals surface area (Å²) in [5.74, 6) is 3.10. The van der Waals surface area contributed by atoms with Gasteiger partial charge in [0.05, 0.1) is 5.70 Å². The van der Waals surface area contributed by atoms with Crippen molar-refractivity contribution in [2.45, 2.75) is 10.7 Å². The Labute approximate surface area is 153 Å². The minimum Gasteiger partial charge on any atom is -0.493 e. The third kappa shape index (κ3) is 5.15. The number of benzene rings is 1. The number of nitrogens with one attached hydrogen (secondary N) is 3. The van der Waals surface area contributed by atoms with Gasteiger partial charge in [-0.25, -0.2) is 0 Å². The van der Waals surface area contributed by atoms with Gasteiger partial charge in [0.2, 0.25) is 5.88 Å². The van der Waals surface area contributed by atoms with E-state index in [-0.39, 0.29) is 5.69 Å². The molecule has 0 unspecified atom stereocenters. The van der Waals surface area contributed by atoms with Gasteiger partial charge < -0.3 is 26.6 Å². The summed E-state index contributed by atoms with van der Waals surface area (Å²) in [5.41, 5.74) is 2.25. The summed E-state index contributed by atoms with van der Waals surface area (Å²) in [6.45, 7) is 0. The van der Waals surface area contributed by atoms with Crippen LogP contribution in [0.3, 0.4) is 0 Å². The zero-order chi connectivity index (χ0) is 20.2. The fourth-order valence-electron chi connectivity index (χ4n) is 1.96. The van der Waals surface area contributed by atoms with E-state index >= 15 is 0 Å². The Morgan fingerprint density at radius 1 is 1.30 bits per heavy atom. The first kappa shape index (κ1) is 20.1. The molecule has 0 saturated carbocycles. The van der Waals surface area contributed by atoms with Gasteiger partial charge in [0.1, 0.15) is 0 Å². The Morgan fingerprint density at radius 2 is 1.93 bits per heavy atom. The molecule has 0 aliphatic heterocycles. The molecule has 9 nitrogen and oxygen atoms in total. The van der Waals surface area contributed by atoms with Gasteiger partial charge in [0.25, 0.3) is 11.5 Å². The Morgan fingerprint density at radius 3 is 2.41 bits per heavy atom. The van der Waals surface area contributed by atoms with Gasteiger partial charge in [-0.1, -0.05) is 12.1 Å². The zero-order valence-corrected chi connectivity index (χ0v) is 14.1. The van der Waals surface area contributed by atoms with Crippen LogP contribution in [0.5, 0.6) is 5.88 Å². The molecule has 0 fully saturated rings. The summed E-state index contributed by atoms with van der Waals surface area (Å²) >= 11 is -0.728. The number of H-pyrrole nitrogens is 1. The first-order valence-corrected chi connectivity index (χ1v) is 7.85. The van der Waals surface area contributed by atoms with Crippen molar-refractivity contribution in [2.75, 3.05) is 5.32 Å². The molecular weight excluding hydrogens is 389 g/mol.